The molecule has 0 aliphatic carbocycles. The van der Waals surface area contributed by atoms with E-state index < -0.39 is 0 Å². The molecule has 0 bridgehead atoms. The lowest BCUT2D eigenvalue weighted by atomic mass is 10.3. The highest BCUT2D eigenvalue weighted by molar-refractivity contribution is 5.80. The topological polar surface area (TPSA) is 67.2 Å². The molecular weight excluding hydrogens is 170 g/mol. The summed E-state index contributed by atoms with van der Waals surface area (Å²) in [5.41, 5.74) is 0.788. The predicted octanol–water partition coefficient (Wildman–Crippen LogP) is -0.101. The number of amides is 1. The molecule has 1 amide bonds. The number of rotatable bonds is 4. The van der Waals surface area contributed by atoms with Gasteiger partial charge in [-0.15, -0.1) is 0 Å². The number of nitrogens with one attached hydrogen (secondary N) is 2. The average molecular weight is 183 g/mol. The largest absolute Gasteiger partial charge is 0.364 e. The molecule has 2 N–H and O–H groups in total. The lowest BCUT2D eigenvalue weighted by Crippen LogP contribution is -2.40. The van der Waals surface area contributed by atoms with E-state index in [0.717, 1.165) is 5.69 Å². The highest BCUT2D eigenvalue weighted by atomic mass is 16.5. The van der Waals surface area contributed by atoms with Crippen LogP contribution in [0.5, 0.6) is 0 Å². The zero-order valence-electron chi connectivity index (χ0n) is 7.70. The maximum atomic E-state index is 11.1. The summed E-state index contributed by atoms with van der Waals surface area (Å²) in [5.74, 6) is -0.0384. The molecule has 5 nitrogen and oxygen atoms in total. The molecule has 0 aliphatic heterocycles. The predicted molar refractivity (Wildman–Crippen MR) is 46.9 cm³/mol. The van der Waals surface area contributed by atoms with E-state index in [1.165, 1.54) is 6.26 Å². The smallest absolute Gasteiger partial charge is 0.236 e. The third kappa shape index (κ3) is 2.87. The Morgan fingerprint density at radius 3 is 3.08 bits per heavy atom. The molecule has 0 spiro atoms. The number of likely N-dealkylation sites (N-methyl/N-ethyl adjacent to an activating group) is 1. The lowest BCUT2D eigenvalue weighted by Gasteiger charge is -2.09. The van der Waals surface area contributed by atoms with Gasteiger partial charge in [-0.2, -0.15) is 0 Å². The molecule has 0 radical (unpaired) electrons. The first kappa shape index (κ1) is 9.73. The van der Waals surface area contributed by atoms with Crippen molar-refractivity contribution in [2.45, 2.75) is 19.5 Å². The van der Waals surface area contributed by atoms with Crippen molar-refractivity contribution in [1.29, 1.82) is 0 Å². The minimum Gasteiger partial charge on any atom is -0.364 e. The van der Waals surface area contributed by atoms with Crippen LogP contribution in [0.2, 0.25) is 0 Å². The van der Waals surface area contributed by atoms with E-state index in [0.29, 0.717) is 6.54 Å². The molecule has 0 aliphatic rings. The van der Waals surface area contributed by atoms with Gasteiger partial charge in [0.15, 0.2) is 0 Å². The maximum absolute atomic E-state index is 11.1. The Kier molecular flexibility index (Phi) is 3.45. The number of carbonyl (C=O) groups excluding carboxylic acids is 1. The van der Waals surface area contributed by atoms with Gasteiger partial charge in [0.2, 0.25) is 5.91 Å². The molecule has 1 rings (SSSR count). The monoisotopic (exact) mass is 183 g/mol. The van der Waals surface area contributed by atoms with Crippen molar-refractivity contribution in [3.05, 3.63) is 18.0 Å². The third-order valence-corrected chi connectivity index (χ3v) is 1.72. The fraction of sp³-hybridized carbons (Fsp3) is 0.500. The zero-order chi connectivity index (χ0) is 9.68. The highest BCUT2D eigenvalue weighted by Crippen LogP contribution is 1.94. The molecule has 0 saturated heterocycles. The Morgan fingerprint density at radius 2 is 2.54 bits per heavy atom. The second kappa shape index (κ2) is 4.61. The second-order valence-corrected chi connectivity index (χ2v) is 2.71. The molecule has 1 unspecified atom stereocenters. The summed E-state index contributed by atoms with van der Waals surface area (Å²) in [4.78, 5) is 11.1. The van der Waals surface area contributed by atoms with Gasteiger partial charge in [-0.05, 0) is 6.92 Å². The van der Waals surface area contributed by atoms with Crippen molar-refractivity contribution in [1.82, 2.24) is 15.8 Å². The molecule has 13 heavy (non-hydrogen) atoms. The molecule has 1 aromatic heterocycles. The summed E-state index contributed by atoms with van der Waals surface area (Å²) >= 11 is 0. The second-order valence-electron chi connectivity index (χ2n) is 2.71. The summed E-state index contributed by atoms with van der Waals surface area (Å²) in [7, 11) is 1.61. The molecule has 1 heterocycles. The molecule has 1 atom stereocenters. The van der Waals surface area contributed by atoms with Crippen LogP contribution >= 0.6 is 0 Å². The summed E-state index contributed by atoms with van der Waals surface area (Å²) in [6.45, 7) is 2.32. The SMILES string of the molecule is CNC(=O)C(C)NCc1ccon1. The van der Waals surface area contributed by atoms with E-state index in [-0.39, 0.29) is 11.9 Å². The quantitative estimate of drug-likeness (QED) is 0.684. The van der Waals surface area contributed by atoms with Crippen LogP contribution in [-0.4, -0.2) is 24.2 Å². The fourth-order valence-electron chi connectivity index (χ4n) is 0.896. The van der Waals surface area contributed by atoms with Crippen molar-refractivity contribution in [3.63, 3.8) is 0 Å². The Bertz CT molecular complexity index is 258. The van der Waals surface area contributed by atoms with E-state index in [4.69, 9.17) is 0 Å². The van der Waals surface area contributed by atoms with Crippen LogP contribution in [0.4, 0.5) is 0 Å². The summed E-state index contributed by atoms with van der Waals surface area (Å²) in [6, 6.07) is 1.53. The molecular formula is C8H13N3O2. The van der Waals surface area contributed by atoms with E-state index >= 15 is 0 Å². The number of carbonyl (C=O) groups is 1. The first-order chi connectivity index (χ1) is 6.24. The van der Waals surface area contributed by atoms with E-state index in [9.17, 15) is 4.79 Å². The van der Waals surface area contributed by atoms with Crippen molar-refractivity contribution >= 4 is 5.91 Å². The molecule has 0 fully saturated rings. The van der Waals surface area contributed by atoms with Gasteiger partial charge < -0.3 is 15.2 Å². The zero-order valence-corrected chi connectivity index (χ0v) is 7.70. The number of hydrogen-bond donors (Lipinski definition) is 2. The van der Waals surface area contributed by atoms with Gasteiger partial charge in [0.25, 0.3) is 0 Å². The average Bonchev–Trinajstić information content (AvgIpc) is 2.65. The lowest BCUT2D eigenvalue weighted by molar-refractivity contribution is -0.122. The van der Waals surface area contributed by atoms with Crippen LogP contribution in [0, 0.1) is 0 Å². The maximum Gasteiger partial charge on any atom is 0.236 e. The highest BCUT2D eigenvalue weighted by Gasteiger charge is 2.09. The fourth-order valence-corrected chi connectivity index (χ4v) is 0.896. The number of hydrogen-bond acceptors (Lipinski definition) is 4. The Labute approximate surface area is 76.5 Å². The molecule has 0 saturated carbocycles. The van der Waals surface area contributed by atoms with Crippen molar-refractivity contribution in [2.24, 2.45) is 0 Å². The van der Waals surface area contributed by atoms with E-state index in [1.54, 1.807) is 20.0 Å². The van der Waals surface area contributed by atoms with Crippen LogP contribution in [0.3, 0.4) is 0 Å². The Hall–Kier alpha value is -1.36. The van der Waals surface area contributed by atoms with Crippen LogP contribution < -0.4 is 10.6 Å². The minimum atomic E-state index is -0.221. The van der Waals surface area contributed by atoms with Gasteiger partial charge in [-0.3, -0.25) is 4.79 Å². The first-order valence-electron chi connectivity index (χ1n) is 4.08. The van der Waals surface area contributed by atoms with Gasteiger partial charge in [0.1, 0.15) is 6.26 Å². The molecule has 0 aromatic carbocycles. The Morgan fingerprint density at radius 1 is 1.77 bits per heavy atom. The van der Waals surface area contributed by atoms with Crippen LogP contribution in [0.1, 0.15) is 12.6 Å². The van der Waals surface area contributed by atoms with Gasteiger partial charge >= 0.3 is 0 Å². The Balaban J connectivity index is 2.30. The van der Waals surface area contributed by atoms with E-state index in [2.05, 4.69) is 20.3 Å². The van der Waals surface area contributed by atoms with Crippen LogP contribution in [0.25, 0.3) is 0 Å². The van der Waals surface area contributed by atoms with Gasteiger partial charge in [-0.25, -0.2) is 0 Å². The van der Waals surface area contributed by atoms with Crippen molar-refractivity contribution in [2.75, 3.05) is 7.05 Å². The summed E-state index contributed by atoms with van der Waals surface area (Å²) in [5, 5.41) is 9.25. The standard InChI is InChI=1S/C8H13N3O2/c1-6(8(12)9-2)10-5-7-3-4-13-11-7/h3-4,6,10H,5H2,1-2H3,(H,9,12). The van der Waals surface area contributed by atoms with Crippen LogP contribution in [0.15, 0.2) is 16.9 Å². The minimum absolute atomic E-state index is 0.0384. The summed E-state index contributed by atoms with van der Waals surface area (Å²) in [6.07, 6.45) is 1.50. The third-order valence-electron chi connectivity index (χ3n) is 1.72. The van der Waals surface area contributed by atoms with Gasteiger partial charge in [0.05, 0.1) is 11.7 Å². The van der Waals surface area contributed by atoms with Crippen molar-refractivity contribution < 1.29 is 9.32 Å². The molecule has 1 aromatic rings. The van der Waals surface area contributed by atoms with Crippen LogP contribution in [-0.2, 0) is 11.3 Å². The number of aromatic nitrogens is 1. The van der Waals surface area contributed by atoms with Gasteiger partial charge in [-0.1, -0.05) is 5.16 Å². The first-order valence-corrected chi connectivity index (χ1v) is 4.08. The van der Waals surface area contributed by atoms with Gasteiger partial charge in [0, 0.05) is 19.7 Å². The van der Waals surface area contributed by atoms with Crippen molar-refractivity contribution in [3.8, 4) is 0 Å². The number of nitrogens with zero attached hydrogens (tertiary/aromatic N) is 1. The normalized spacial score (nSPS) is 12.5. The molecule has 72 valence electrons. The summed E-state index contributed by atoms with van der Waals surface area (Å²) < 4.78 is 4.64. The molecule has 5 heteroatoms. The van der Waals surface area contributed by atoms with E-state index in [1.807, 2.05) is 0 Å².